The molecule has 0 aliphatic heterocycles. The van der Waals surface area contributed by atoms with Gasteiger partial charge in [-0.1, -0.05) is 49.4 Å². The highest BCUT2D eigenvalue weighted by molar-refractivity contribution is 7.13. The summed E-state index contributed by atoms with van der Waals surface area (Å²) in [5.41, 5.74) is 3.70. The number of esters is 1. The molecular formula is C22H22N2O3S. The monoisotopic (exact) mass is 394 g/mol. The van der Waals surface area contributed by atoms with Gasteiger partial charge in [-0.05, 0) is 24.1 Å². The fourth-order valence-corrected chi connectivity index (χ4v) is 3.46. The van der Waals surface area contributed by atoms with Gasteiger partial charge in [-0.25, -0.2) is 4.98 Å². The van der Waals surface area contributed by atoms with Gasteiger partial charge in [0, 0.05) is 23.7 Å². The number of hydrogen-bond acceptors (Lipinski definition) is 5. The van der Waals surface area contributed by atoms with Crippen molar-refractivity contribution in [3.8, 4) is 10.6 Å². The van der Waals surface area contributed by atoms with Crippen LogP contribution in [0.3, 0.4) is 0 Å². The maximum Gasteiger partial charge on any atom is 0.312 e. The molecule has 28 heavy (non-hydrogen) atoms. The molecule has 0 spiro atoms. The highest BCUT2D eigenvalue weighted by Gasteiger charge is 2.15. The van der Waals surface area contributed by atoms with Crippen molar-refractivity contribution in [2.24, 2.45) is 0 Å². The molecule has 3 rings (SSSR count). The molecule has 1 aromatic heterocycles. The van der Waals surface area contributed by atoms with Gasteiger partial charge in [-0.3, -0.25) is 9.59 Å². The van der Waals surface area contributed by atoms with Crippen molar-refractivity contribution >= 4 is 28.9 Å². The van der Waals surface area contributed by atoms with Crippen LogP contribution in [0.15, 0.2) is 60.0 Å². The van der Waals surface area contributed by atoms with Gasteiger partial charge in [0.25, 0.3) is 5.91 Å². The van der Waals surface area contributed by atoms with E-state index in [1.54, 1.807) is 7.05 Å². The second-order valence-electron chi connectivity index (χ2n) is 6.32. The standard InChI is InChI=1S/C22H22N2O3S/c1-3-16-9-11-17(12-10-16)22-23-18(15-28-22)13-21(26)27-14-20(25)24(2)19-7-5-4-6-8-19/h4-12,15H,3,13-14H2,1-2H3. The van der Waals surface area contributed by atoms with Crippen LogP contribution in [0.4, 0.5) is 5.69 Å². The molecule has 0 radical (unpaired) electrons. The van der Waals surface area contributed by atoms with Gasteiger partial charge in [-0.15, -0.1) is 11.3 Å². The van der Waals surface area contributed by atoms with E-state index in [1.807, 2.05) is 47.8 Å². The number of hydrogen-bond donors (Lipinski definition) is 0. The van der Waals surface area contributed by atoms with Gasteiger partial charge < -0.3 is 9.64 Å². The van der Waals surface area contributed by atoms with E-state index in [9.17, 15) is 9.59 Å². The lowest BCUT2D eigenvalue weighted by atomic mass is 10.1. The van der Waals surface area contributed by atoms with Crippen LogP contribution in [-0.4, -0.2) is 30.5 Å². The topological polar surface area (TPSA) is 59.5 Å². The van der Waals surface area contributed by atoms with Crippen LogP contribution in [0.5, 0.6) is 0 Å². The Morgan fingerprint density at radius 1 is 1.07 bits per heavy atom. The molecule has 0 aliphatic rings. The molecule has 0 saturated heterocycles. The number of nitrogens with zero attached hydrogens (tertiary/aromatic N) is 2. The van der Waals surface area contributed by atoms with Crippen molar-refractivity contribution in [2.45, 2.75) is 19.8 Å². The van der Waals surface area contributed by atoms with Crippen molar-refractivity contribution in [3.63, 3.8) is 0 Å². The minimum atomic E-state index is -0.465. The number of likely N-dealkylation sites (N-methyl/N-ethyl adjacent to an activating group) is 1. The van der Waals surface area contributed by atoms with E-state index in [1.165, 1.54) is 21.8 Å². The summed E-state index contributed by atoms with van der Waals surface area (Å²) in [6.45, 7) is 1.82. The van der Waals surface area contributed by atoms with E-state index >= 15 is 0 Å². The summed E-state index contributed by atoms with van der Waals surface area (Å²) >= 11 is 1.49. The van der Waals surface area contributed by atoms with Gasteiger partial charge in [0.15, 0.2) is 6.61 Å². The molecule has 144 valence electrons. The number of thiazole rings is 1. The predicted molar refractivity (Wildman–Crippen MR) is 111 cm³/mol. The molecule has 0 fully saturated rings. The fraction of sp³-hybridized carbons (Fsp3) is 0.227. The summed E-state index contributed by atoms with van der Waals surface area (Å²) in [7, 11) is 1.65. The first-order valence-corrected chi connectivity index (χ1v) is 9.95. The average molecular weight is 394 g/mol. The van der Waals surface area contributed by atoms with Crippen LogP contribution in [0.1, 0.15) is 18.2 Å². The number of anilines is 1. The van der Waals surface area contributed by atoms with Crippen LogP contribution in [-0.2, 0) is 27.2 Å². The Bertz CT molecular complexity index is 936. The molecular weight excluding hydrogens is 372 g/mol. The number of carbonyl (C=O) groups excluding carboxylic acids is 2. The first kappa shape index (κ1) is 19.8. The van der Waals surface area contributed by atoms with Gasteiger partial charge in [0.05, 0.1) is 12.1 Å². The molecule has 5 nitrogen and oxygen atoms in total. The summed E-state index contributed by atoms with van der Waals surface area (Å²) in [5, 5.41) is 2.72. The minimum Gasteiger partial charge on any atom is -0.455 e. The SMILES string of the molecule is CCc1ccc(-c2nc(CC(=O)OCC(=O)N(C)c3ccccc3)cs2)cc1. The zero-order valence-electron chi connectivity index (χ0n) is 15.9. The molecule has 0 aliphatic carbocycles. The van der Waals surface area contributed by atoms with E-state index in [2.05, 4.69) is 24.0 Å². The van der Waals surface area contributed by atoms with Crippen LogP contribution < -0.4 is 4.90 Å². The Morgan fingerprint density at radius 3 is 2.46 bits per heavy atom. The summed E-state index contributed by atoms with van der Waals surface area (Å²) in [4.78, 5) is 30.2. The molecule has 0 unspecified atom stereocenters. The van der Waals surface area contributed by atoms with Crippen LogP contribution >= 0.6 is 11.3 Å². The summed E-state index contributed by atoms with van der Waals surface area (Å²) in [6.07, 6.45) is 1.04. The summed E-state index contributed by atoms with van der Waals surface area (Å²) in [5.74, 6) is -0.748. The lowest BCUT2D eigenvalue weighted by Gasteiger charge is -2.16. The predicted octanol–water partition coefficient (Wildman–Crippen LogP) is 4.12. The number of carbonyl (C=O) groups is 2. The average Bonchev–Trinajstić information content (AvgIpc) is 3.20. The van der Waals surface area contributed by atoms with Crippen molar-refractivity contribution in [3.05, 3.63) is 71.2 Å². The van der Waals surface area contributed by atoms with Crippen LogP contribution in [0.2, 0.25) is 0 Å². The second kappa shape index (κ2) is 9.28. The Labute approximate surface area is 168 Å². The maximum absolute atomic E-state index is 12.2. The quantitative estimate of drug-likeness (QED) is 0.566. The number of benzene rings is 2. The highest BCUT2D eigenvalue weighted by atomic mass is 32.1. The molecule has 3 aromatic rings. The zero-order chi connectivity index (χ0) is 19.9. The smallest absolute Gasteiger partial charge is 0.312 e. The third-order valence-corrected chi connectivity index (χ3v) is 5.30. The first-order valence-electron chi connectivity index (χ1n) is 9.07. The van der Waals surface area contributed by atoms with Crippen molar-refractivity contribution in [1.29, 1.82) is 0 Å². The van der Waals surface area contributed by atoms with Gasteiger partial charge in [0.1, 0.15) is 5.01 Å². The Balaban J connectivity index is 1.52. The third-order valence-electron chi connectivity index (χ3n) is 4.36. The van der Waals surface area contributed by atoms with E-state index < -0.39 is 5.97 Å². The number of para-hydroxylation sites is 1. The number of rotatable bonds is 7. The molecule has 0 bridgehead atoms. The highest BCUT2D eigenvalue weighted by Crippen LogP contribution is 2.24. The van der Waals surface area contributed by atoms with Gasteiger partial charge in [-0.2, -0.15) is 0 Å². The molecule has 1 heterocycles. The molecule has 6 heteroatoms. The molecule has 0 saturated carbocycles. The first-order chi connectivity index (χ1) is 13.6. The second-order valence-corrected chi connectivity index (χ2v) is 7.18. The van der Waals surface area contributed by atoms with Gasteiger partial charge >= 0.3 is 5.97 Å². The third kappa shape index (κ3) is 5.04. The van der Waals surface area contributed by atoms with E-state index in [-0.39, 0.29) is 18.9 Å². The summed E-state index contributed by atoms with van der Waals surface area (Å²) < 4.78 is 5.13. The fourth-order valence-electron chi connectivity index (χ4n) is 2.64. The maximum atomic E-state index is 12.2. The van der Waals surface area contributed by atoms with Crippen molar-refractivity contribution in [2.75, 3.05) is 18.6 Å². The lowest BCUT2D eigenvalue weighted by molar-refractivity contribution is -0.147. The number of ether oxygens (including phenoxy) is 1. The van der Waals surface area contributed by atoms with E-state index in [4.69, 9.17) is 4.74 Å². The van der Waals surface area contributed by atoms with Gasteiger partial charge in [0.2, 0.25) is 0 Å². The minimum absolute atomic E-state index is 0.0475. The molecule has 2 aromatic carbocycles. The molecule has 0 N–H and O–H groups in total. The van der Waals surface area contributed by atoms with E-state index in [0.717, 1.165) is 22.7 Å². The number of aromatic nitrogens is 1. The summed E-state index contributed by atoms with van der Waals surface area (Å²) in [6, 6.07) is 17.5. The van der Waals surface area contributed by atoms with E-state index in [0.29, 0.717) is 5.69 Å². The number of amides is 1. The Morgan fingerprint density at radius 2 is 1.79 bits per heavy atom. The largest absolute Gasteiger partial charge is 0.455 e. The Kier molecular flexibility index (Phi) is 6.55. The molecule has 1 amide bonds. The normalized spacial score (nSPS) is 10.5. The van der Waals surface area contributed by atoms with Crippen LogP contribution in [0.25, 0.3) is 10.6 Å². The molecule has 0 atom stereocenters. The van der Waals surface area contributed by atoms with Crippen LogP contribution in [0, 0.1) is 0 Å². The lowest BCUT2D eigenvalue weighted by Crippen LogP contribution is -2.31. The Hall–Kier alpha value is -2.99. The van der Waals surface area contributed by atoms with Crippen molar-refractivity contribution < 1.29 is 14.3 Å². The van der Waals surface area contributed by atoms with Crippen molar-refractivity contribution in [1.82, 2.24) is 4.98 Å². The zero-order valence-corrected chi connectivity index (χ0v) is 16.7. The number of aryl methyl sites for hydroxylation is 1.